The molecule has 0 unspecified atom stereocenters. The molecule has 0 fully saturated rings. The molecule has 0 atom stereocenters. The van der Waals surface area contributed by atoms with Crippen molar-refractivity contribution in [1.82, 2.24) is 9.97 Å². The molecule has 0 saturated carbocycles. The number of thiocyanates is 2. The molecule has 0 spiro atoms. The third-order valence-corrected chi connectivity index (χ3v) is 1.13. The van der Waals surface area contributed by atoms with Crippen LogP contribution in [-0.4, -0.2) is 9.97 Å². The first-order chi connectivity index (χ1) is 8.83. The summed E-state index contributed by atoms with van der Waals surface area (Å²) in [7, 11) is 0. The van der Waals surface area contributed by atoms with E-state index >= 15 is 0 Å². The summed E-state index contributed by atoms with van der Waals surface area (Å²) in [6.07, 6.45) is 7.00. The van der Waals surface area contributed by atoms with Gasteiger partial charge in [0.1, 0.15) is 0 Å². The Balaban J connectivity index is -0.000000188. The van der Waals surface area contributed by atoms with Gasteiger partial charge in [-0.05, 0) is 24.3 Å². The molecule has 4 nitrogen and oxygen atoms in total. The molecule has 0 aromatic carbocycles. The number of aromatic nitrogens is 2. The van der Waals surface area contributed by atoms with Gasteiger partial charge in [0.05, 0.1) is 0 Å². The average Bonchev–Trinajstić information content (AvgIpc) is 2.45. The molecule has 19 heavy (non-hydrogen) atoms. The van der Waals surface area contributed by atoms with Crippen molar-refractivity contribution in [3.8, 4) is 10.8 Å². The van der Waals surface area contributed by atoms with Gasteiger partial charge in [-0.15, -0.1) is 0 Å². The molecular weight excluding hydrogens is 328 g/mol. The van der Waals surface area contributed by atoms with E-state index in [1.54, 1.807) is 24.8 Å². The van der Waals surface area contributed by atoms with Gasteiger partial charge in [0.15, 0.2) is 0 Å². The molecule has 0 aliphatic heterocycles. The first-order valence-corrected chi connectivity index (χ1v) is 5.37. The zero-order valence-corrected chi connectivity index (χ0v) is 12.3. The number of hydrogen-bond donors (Lipinski definition) is 0. The molecule has 2 heterocycles. The van der Waals surface area contributed by atoms with Gasteiger partial charge in [0.25, 0.3) is 0 Å². The molecule has 2 aromatic rings. The van der Waals surface area contributed by atoms with Gasteiger partial charge < -0.3 is 25.3 Å². The van der Waals surface area contributed by atoms with Crippen molar-refractivity contribution >= 4 is 25.3 Å². The van der Waals surface area contributed by atoms with Crippen molar-refractivity contribution in [2.45, 2.75) is 0 Å². The molecule has 101 valence electrons. The molecule has 1 radical (unpaired) electrons. The molecule has 0 aliphatic carbocycles. The molecule has 0 bridgehead atoms. The van der Waals surface area contributed by atoms with Crippen LogP contribution in [0.1, 0.15) is 0 Å². The number of nitrogens with zero attached hydrogens (tertiary/aromatic N) is 4. The van der Waals surface area contributed by atoms with Crippen molar-refractivity contribution in [3.05, 3.63) is 61.2 Å². The first kappa shape index (κ1) is 22.4. The maximum absolute atomic E-state index is 7.13. The SMILES string of the molecule is N#C[S-].N#C[S-].[Cu+2].c1ccncc1.c1ccncc1. The van der Waals surface area contributed by atoms with Crippen molar-refractivity contribution in [1.29, 1.82) is 10.5 Å². The summed E-state index contributed by atoms with van der Waals surface area (Å²) >= 11 is 7.40. The number of rotatable bonds is 0. The van der Waals surface area contributed by atoms with Gasteiger partial charge >= 0.3 is 17.1 Å². The van der Waals surface area contributed by atoms with E-state index in [2.05, 4.69) is 35.2 Å². The van der Waals surface area contributed by atoms with Gasteiger partial charge in [-0.1, -0.05) is 22.9 Å². The zero-order valence-electron chi connectivity index (χ0n) is 9.68. The largest absolute Gasteiger partial charge is 2.00 e. The summed E-state index contributed by atoms with van der Waals surface area (Å²) in [5.41, 5.74) is 0. The zero-order chi connectivity index (χ0) is 13.9. The fourth-order valence-corrected chi connectivity index (χ4v) is 0.625. The van der Waals surface area contributed by atoms with Crippen molar-refractivity contribution in [3.63, 3.8) is 0 Å². The number of hydrogen-bond acceptors (Lipinski definition) is 6. The van der Waals surface area contributed by atoms with E-state index in [9.17, 15) is 0 Å². The molecule has 7 heteroatoms. The van der Waals surface area contributed by atoms with Crippen LogP contribution in [0.4, 0.5) is 0 Å². The Morgan fingerprint density at radius 3 is 0.895 bits per heavy atom. The molecular formula is C12H10CuN4S2. The van der Waals surface area contributed by atoms with E-state index in [0.29, 0.717) is 0 Å². The van der Waals surface area contributed by atoms with Crippen LogP contribution in [0, 0.1) is 21.3 Å². The van der Waals surface area contributed by atoms with Crippen LogP contribution in [-0.2, 0) is 42.3 Å². The Morgan fingerprint density at radius 1 is 0.632 bits per heavy atom. The van der Waals surface area contributed by atoms with Crippen LogP contribution < -0.4 is 0 Å². The topological polar surface area (TPSA) is 73.4 Å². The van der Waals surface area contributed by atoms with E-state index in [-0.39, 0.29) is 17.1 Å². The summed E-state index contributed by atoms with van der Waals surface area (Å²) in [4.78, 5) is 7.57. The predicted molar refractivity (Wildman–Crippen MR) is 74.4 cm³/mol. The van der Waals surface area contributed by atoms with Crippen molar-refractivity contribution in [2.75, 3.05) is 0 Å². The standard InChI is InChI=1S/2C5H5N.2CHNS.Cu/c2*1-2-4-6-5-3-1;2*2-1-3;/h2*1-5H;2*3H;/q;;;;+2/p-2. The van der Waals surface area contributed by atoms with Crippen LogP contribution in [0.15, 0.2) is 61.2 Å². The summed E-state index contributed by atoms with van der Waals surface area (Å²) in [6, 6.07) is 11.4. The third-order valence-electron chi connectivity index (χ3n) is 1.13. The fraction of sp³-hybridized carbons (Fsp3) is 0. The van der Waals surface area contributed by atoms with Crippen LogP contribution in [0.3, 0.4) is 0 Å². The van der Waals surface area contributed by atoms with Crippen molar-refractivity contribution < 1.29 is 17.1 Å². The summed E-state index contributed by atoms with van der Waals surface area (Å²) in [5, 5.41) is 16.9. The quantitative estimate of drug-likeness (QED) is 0.417. The number of pyridine rings is 2. The van der Waals surface area contributed by atoms with Gasteiger partial charge in [-0.2, -0.15) is 0 Å². The molecule has 2 aromatic heterocycles. The van der Waals surface area contributed by atoms with Gasteiger partial charge in [-0.25, -0.2) is 10.5 Å². The van der Waals surface area contributed by atoms with Crippen LogP contribution in [0.2, 0.25) is 0 Å². The van der Waals surface area contributed by atoms with E-state index in [4.69, 9.17) is 10.5 Å². The second-order valence-corrected chi connectivity index (χ2v) is 2.60. The Bertz CT molecular complexity index is 332. The molecule has 0 amide bonds. The van der Waals surface area contributed by atoms with E-state index in [1.807, 2.05) is 36.4 Å². The molecule has 0 saturated heterocycles. The Hall–Kier alpha value is -1.76. The Morgan fingerprint density at radius 2 is 0.842 bits per heavy atom. The predicted octanol–water partition coefficient (Wildman–Crippen LogP) is 2.19. The number of nitriles is 2. The summed E-state index contributed by atoms with van der Waals surface area (Å²) < 4.78 is 0. The Kier molecular flexibility index (Phi) is 29.7. The van der Waals surface area contributed by atoms with Crippen molar-refractivity contribution in [2.24, 2.45) is 0 Å². The second kappa shape index (κ2) is 25.2. The summed E-state index contributed by atoms with van der Waals surface area (Å²) in [5.74, 6) is 0. The van der Waals surface area contributed by atoms with Gasteiger partial charge in [-0.3, -0.25) is 9.97 Å². The van der Waals surface area contributed by atoms with Crippen LogP contribution >= 0.6 is 0 Å². The Labute approximate surface area is 134 Å². The molecule has 0 aliphatic rings. The molecule has 2 rings (SSSR count). The average molecular weight is 338 g/mol. The monoisotopic (exact) mass is 337 g/mol. The first-order valence-electron chi connectivity index (χ1n) is 4.55. The normalized spacial score (nSPS) is 5.79. The maximum atomic E-state index is 7.13. The van der Waals surface area contributed by atoms with Crippen LogP contribution in [0.25, 0.3) is 0 Å². The van der Waals surface area contributed by atoms with E-state index < -0.39 is 0 Å². The summed E-state index contributed by atoms with van der Waals surface area (Å²) in [6.45, 7) is 0. The fourth-order valence-electron chi connectivity index (χ4n) is 0.625. The molecule has 0 N–H and O–H groups in total. The maximum Gasteiger partial charge on any atom is 2.00 e. The van der Waals surface area contributed by atoms with Crippen LogP contribution in [0.5, 0.6) is 0 Å². The van der Waals surface area contributed by atoms with E-state index in [1.165, 1.54) is 10.8 Å². The minimum absolute atomic E-state index is 0. The third kappa shape index (κ3) is 31.4. The smallest absolute Gasteiger partial charge is 0.696 e. The van der Waals surface area contributed by atoms with Gasteiger partial charge in [0, 0.05) is 24.8 Å². The minimum atomic E-state index is 0. The van der Waals surface area contributed by atoms with Gasteiger partial charge in [0.2, 0.25) is 0 Å². The second-order valence-electron chi connectivity index (χ2n) is 2.23. The minimum Gasteiger partial charge on any atom is -0.696 e. The van der Waals surface area contributed by atoms with E-state index in [0.717, 1.165) is 0 Å².